The molecule has 1 saturated heterocycles. The molecule has 2 heterocycles. The van der Waals surface area contributed by atoms with Gasteiger partial charge in [0.2, 0.25) is 0 Å². The van der Waals surface area contributed by atoms with Crippen molar-refractivity contribution in [2.24, 2.45) is 10.9 Å². The summed E-state index contributed by atoms with van der Waals surface area (Å²) in [5.74, 6) is 0.143. The van der Waals surface area contributed by atoms with Crippen molar-refractivity contribution >= 4 is 16.7 Å². The van der Waals surface area contributed by atoms with Crippen molar-refractivity contribution in [2.45, 2.75) is 38.3 Å². The van der Waals surface area contributed by atoms with E-state index >= 15 is 0 Å². The van der Waals surface area contributed by atoms with Gasteiger partial charge in [-0.3, -0.25) is 0 Å². The molecule has 1 atom stereocenters. The molecule has 5 heteroatoms. The topological polar surface area (TPSA) is 72.8 Å². The molecule has 3 N–H and O–H groups in total. The molecule has 3 rings (SSSR count). The van der Waals surface area contributed by atoms with E-state index in [2.05, 4.69) is 22.0 Å². The van der Waals surface area contributed by atoms with Crippen LogP contribution in [0.1, 0.15) is 31.2 Å². The average molecular weight is 287 g/mol. The van der Waals surface area contributed by atoms with Gasteiger partial charge in [0.05, 0.1) is 6.10 Å². The van der Waals surface area contributed by atoms with Crippen LogP contribution in [0.5, 0.6) is 0 Å². The Kier molecular flexibility index (Phi) is 4.10. The molecule has 1 aliphatic rings. The van der Waals surface area contributed by atoms with Crippen molar-refractivity contribution in [1.82, 2.24) is 4.57 Å². The van der Waals surface area contributed by atoms with E-state index in [0.29, 0.717) is 6.10 Å². The zero-order valence-corrected chi connectivity index (χ0v) is 12.0. The molecule has 0 aliphatic carbocycles. The lowest BCUT2D eigenvalue weighted by Gasteiger charge is -2.10. The molecule has 21 heavy (non-hydrogen) atoms. The Morgan fingerprint density at radius 2 is 2.33 bits per heavy atom. The number of aromatic nitrogens is 1. The summed E-state index contributed by atoms with van der Waals surface area (Å²) in [5, 5.41) is 13.0. The highest BCUT2D eigenvalue weighted by atomic mass is 16.5. The number of oxime groups is 1. The Balaban J connectivity index is 1.72. The number of ether oxygens (including phenoxy) is 1. The normalized spacial score (nSPS) is 19.4. The molecule has 0 radical (unpaired) electrons. The van der Waals surface area contributed by atoms with E-state index in [0.717, 1.165) is 37.1 Å². The fourth-order valence-electron chi connectivity index (χ4n) is 2.96. The molecule has 0 spiro atoms. The monoisotopic (exact) mass is 287 g/mol. The zero-order valence-electron chi connectivity index (χ0n) is 12.0. The molecule has 2 aromatic rings. The molecule has 1 unspecified atom stereocenters. The third-order valence-corrected chi connectivity index (χ3v) is 4.13. The first-order valence-corrected chi connectivity index (χ1v) is 7.46. The number of amidine groups is 1. The summed E-state index contributed by atoms with van der Waals surface area (Å²) in [6, 6.07) is 7.93. The fourth-order valence-corrected chi connectivity index (χ4v) is 2.96. The zero-order chi connectivity index (χ0) is 14.7. The summed E-state index contributed by atoms with van der Waals surface area (Å²) in [4.78, 5) is 0. The summed E-state index contributed by atoms with van der Waals surface area (Å²) in [7, 11) is 0. The van der Waals surface area contributed by atoms with Gasteiger partial charge >= 0.3 is 0 Å². The highest BCUT2D eigenvalue weighted by Crippen LogP contribution is 2.21. The molecule has 5 nitrogen and oxygen atoms in total. The minimum Gasteiger partial charge on any atom is -0.409 e. The van der Waals surface area contributed by atoms with Gasteiger partial charge in [0.25, 0.3) is 0 Å². The van der Waals surface area contributed by atoms with Crippen LogP contribution in [0.2, 0.25) is 0 Å². The molecule has 1 aromatic carbocycles. The lowest BCUT2D eigenvalue weighted by Crippen LogP contribution is -2.13. The Bertz CT molecular complexity index is 642. The Hall–Kier alpha value is -2.01. The van der Waals surface area contributed by atoms with Crippen LogP contribution < -0.4 is 5.73 Å². The maximum atomic E-state index is 8.79. The number of aryl methyl sites for hydroxylation is 1. The minimum atomic E-state index is 0.143. The SMILES string of the molecule is N/C(=N/O)c1ccc2ccn(CCCC3CCCO3)c2c1. The summed E-state index contributed by atoms with van der Waals surface area (Å²) < 4.78 is 7.88. The average Bonchev–Trinajstić information content (AvgIpc) is 3.16. The van der Waals surface area contributed by atoms with Crippen molar-refractivity contribution in [1.29, 1.82) is 0 Å². The van der Waals surface area contributed by atoms with Crippen LogP contribution in [0.4, 0.5) is 0 Å². The van der Waals surface area contributed by atoms with E-state index < -0.39 is 0 Å². The molecule has 1 fully saturated rings. The fraction of sp³-hybridized carbons (Fsp3) is 0.438. The van der Waals surface area contributed by atoms with E-state index in [-0.39, 0.29) is 5.84 Å². The van der Waals surface area contributed by atoms with Crippen molar-refractivity contribution in [3.63, 3.8) is 0 Å². The van der Waals surface area contributed by atoms with Crippen LogP contribution in [-0.2, 0) is 11.3 Å². The maximum Gasteiger partial charge on any atom is 0.170 e. The van der Waals surface area contributed by atoms with Gasteiger partial charge in [-0.25, -0.2) is 0 Å². The third kappa shape index (κ3) is 3.03. The molecule has 112 valence electrons. The quantitative estimate of drug-likeness (QED) is 0.384. The van der Waals surface area contributed by atoms with Crippen molar-refractivity contribution in [2.75, 3.05) is 6.61 Å². The lowest BCUT2D eigenvalue weighted by atomic mass is 10.1. The van der Waals surface area contributed by atoms with E-state index in [1.165, 1.54) is 18.2 Å². The van der Waals surface area contributed by atoms with Crippen LogP contribution in [0.25, 0.3) is 10.9 Å². The van der Waals surface area contributed by atoms with Crippen LogP contribution in [0.3, 0.4) is 0 Å². The van der Waals surface area contributed by atoms with Gasteiger partial charge in [-0.1, -0.05) is 17.3 Å². The van der Waals surface area contributed by atoms with Gasteiger partial charge in [0.1, 0.15) is 0 Å². The summed E-state index contributed by atoms with van der Waals surface area (Å²) in [5.41, 5.74) is 7.52. The van der Waals surface area contributed by atoms with Crippen LogP contribution in [0.15, 0.2) is 35.6 Å². The summed E-state index contributed by atoms with van der Waals surface area (Å²) in [6.45, 7) is 1.88. The smallest absolute Gasteiger partial charge is 0.170 e. The first kappa shape index (κ1) is 13.9. The number of hydrogen-bond donors (Lipinski definition) is 2. The molecular formula is C16H21N3O2. The highest BCUT2D eigenvalue weighted by Gasteiger charge is 2.14. The van der Waals surface area contributed by atoms with Gasteiger partial charge in [-0.15, -0.1) is 0 Å². The predicted molar refractivity (Wildman–Crippen MR) is 82.7 cm³/mol. The van der Waals surface area contributed by atoms with Crippen LogP contribution in [0, 0.1) is 0 Å². The molecular weight excluding hydrogens is 266 g/mol. The van der Waals surface area contributed by atoms with Crippen LogP contribution >= 0.6 is 0 Å². The number of fused-ring (bicyclic) bond motifs is 1. The second kappa shape index (κ2) is 6.18. The maximum absolute atomic E-state index is 8.79. The van der Waals surface area contributed by atoms with Gasteiger partial charge in [-0.05, 0) is 43.2 Å². The molecule has 0 saturated carbocycles. The number of nitrogens with zero attached hydrogens (tertiary/aromatic N) is 2. The van der Waals surface area contributed by atoms with Gasteiger partial charge in [0, 0.05) is 30.4 Å². The third-order valence-electron chi connectivity index (χ3n) is 4.13. The second-order valence-corrected chi connectivity index (χ2v) is 5.55. The Morgan fingerprint density at radius 1 is 1.43 bits per heavy atom. The van der Waals surface area contributed by atoms with Gasteiger partial charge < -0.3 is 20.2 Å². The first-order valence-electron chi connectivity index (χ1n) is 7.46. The number of nitrogens with two attached hydrogens (primary N) is 1. The van der Waals surface area contributed by atoms with Gasteiger partial charge in [-0.2, -0.15) is 0 Å². The molecule has 1 aromatic heterocycles. The highest BCUT2D eigenvalue weighted by molar-refractivity contribution is 6.00. The number of benzene rings is 1. The van der Waals surface area contributed by atoms with Crippen molar-refractivity contribution in [3.8, 4) is 0 Å². The lowest BCUT2D eigenvalue weighted by molar-refractivity contribution is 0.101. The van der Waals surface area contributed by atoms with Crippen LogP contribution in [-0.4, -0.2) is 28.3 Å². The number of rotatable bonds is 5. The largest absolute Gasteiger partial charge is 0.409 e. The van der Waals surface area contributed by atoms with E-state index in [9.17, 15) is 0 Å². The van der Waals surface area contributed by atoms with E-state index in [1.807, 2.05) is 18.2 Å². The number of hydrogen-bond acceptors (Lipinski definition) is 3. The standard InChI is InChI=1S/C16H21N3O2/c17-16(18-20)13-6-5-12-7-9-19(15(12)11-13)8-1-3-14-4-2-10-21-14/h5-7,9,11,14,20H,1-4,8,10H2,(H2,17,18). The van der Waals surface area contributed by atoms with E-state index in [4.69, 9.17) is 15.7 Å². The van der Waals surface area contributed by atoms with Crippen molar-refractivity contribution in [3.05, 3.63) is 36.0 Å². The second-order valence-electron chi connectivity index (χ2n) is 5.55. The molecule has 0 amide bonds. The Morgan fingerprint density at radius 3 is 3.10 bits per heavy atom. The minimum absolute atomic E-state index is 0.143. The van der Waals surface area contributed by atoms with E-state index in [1.54, 1.807) is 0 Å². The summed E-state index contributed by atoms with van der Waals surface area (Å²) >= 11 is 0. The molecule has 0 bridgehead atoms. The predicted octanol–water partition coefficient (Wildman–Crippen LogP) is 2.70. The molecule has 1 aliphatic heterocycles. The van der Waals surface area contributed by atoms with Crippen molar-refractivity contribution < 1.29 is 9.94 Å². The van der Waals surface area contributed by atoms with Gasteiger partial charge in [0.15, 0.2) is 5.84 Å². The first-order chi connectivity index (χ1) is 10.3. The summed E-state index contributed by atoms with van der Waals surface area (Å²) in [6.07, 6.45) is 7.14. The Labute approximate surface area is 124 Å².